The average Bonchev–Trinajstić information content (AvgIpc) is 3.13. The Hall–Kier alpha value is -2.37. The monoisotopic (exact) mass is 392 g/mol. The smallest absolute Gasteiger partial charge is 0.270 e. The summed E-state index contributed by atoms with van der Waals surface area (Å²) >= 11 is 6.87. The highest BCUT2D eigenvalue weighted by Gasteiger charge is 2.33. The fraction of sp³-hybridized carbons (Fsp3) is 0.182. The third-order valence-electron chi connectivity index (χ3n) is 4.62. The third kappa shape index (κ3) is 3.33. The molecule has 2 heterocycles. The molecule has 1 aliphatic rings. The van der Waals surface area contributed by atoms with Gasteiger partial charge in [-0.25, -0.2) is 0 Å². The molecule has 0 aliphatic carbocycles. The number of amides is 1. The number of anilines is 1. The van der Waals surface area contributed by atoms with Crippen LogP contribution in [0.5, 0.6) is 0 Å². The van der Waals surface area contributed by atoms with Crippen molar-refractivity contribution in [3.8, 4) is 0 Å². The molecule has 1 fully saturated rings. The minimum atomic E-state index is -0.0528. The molecule has 0 unspecified atom stereocenters. The number of hydrogen-bond acceptors (Lipinski definition) is 3. The number of carbonyl (C=O) groups excluding carboxylic acids is 1. The Balaban J connectivity index is 1.74. The summed E-state index contributed by atoms with van der Waals surface area (Å²) in [6, 6.07) is 16.2. The largest absolute Gasteiger partial charge is 0.347 e. The van der Waals surface area contributed by atoms with Gasteiger partial charge in [0, 0.05) is 29.2 Å². The number of fused-ring (bicyclic) bond motifs is 1. The Morgan fingerprint density at radius 3 is 2.74 bits per heavy atom. The SMILES string of the molecule is CCCn1cc(/C=C2/SC(=S)N(c3cccc(C)c3)C2=O)c2ccccc21. The number of rotatable bonds is 4. The highest BCUT2D eigenvalue weighted by atomic mass is 32.2. The third-order valence-corrected chi connectivity index (χ3v) is 5.93. The van der Waals surface area contributed by atoms with Crippen LogP contribution in [0.2, 0.25) is 0 Å². The minimum absolute atomic E-state index is 0.0528. The fourth-order valence-electron chi connectivity index (χ4n) is 3.41. The van der Waals surface area contributed by atoms with E-state index in [-0.39, 0.29) is 5.91 Å². The van der Waals surface area contributed by atoms with Crippen molar-refractivity contribution in [2.24, 2.45) is 0 Å². The van der Waals surface area contributed by atoms with Crippen molar-refractivity contribution in [1.82, 2.24) is 4.57 Å². The number of aryl methyl sites for hydroxylation is 2. The molecule has 1 aliphatic heterocycles. The van der Waals surface area contributed by atoms with Crippen molar-refractivity contribution in [3.63, 3.8) is 0 Å². The van der Waals surface area contributed by atoms with Gasteiger partial charge < -0.3 is 4.57 Å². The maximum atomic E-state index is 13.0. The lowest BCUT2D eigenvalue weighted by atomic mass is 10.1. The first kappa shape index (κ1) is 18.0. The van der Waals surface area contributed by atoms with Crippen molar-refractivity contribution in [2.75, 3.05) is 4.90 Å². The highest BCUT2D eigenvalue weighted by molar-refractivity contribution is 8.27. The molecular formula is C22H20N2OS2. The Labute approximate surface area is 168 Å². The van der Waals surface area contributed by atoms with E-state index in [1.807, 2.05) is 43.3 Å². The van der Waals surface area contributed by atoms with Crippen LogP contribution in [0.15, 0.2) is 59.6 Å². The number of thioether (sulfide) groups is 1. The van der Waals surface area contributed by atoms with Crippen molar-refractivity contribution >= 4 is 56.9 Å². The molecule has 0 atom stereocenters. The van der Waals surface area contributed by atoms with Crippen LogP contribution >= 0.6 is 24.0 Å². The number of para-hydroxylation sites is 1. The lowest BCUT2D eigenvalue weighted by molar-refractivity contribution is -0.113. The van der Waals surface area contributed by atoms with Crippen LogP contribution in [0, 0.1) is 6.92 Å². The molecule has 0 saturated carbocycles. The molecule has 0 bridgehead atoms. The Morgan fingerprint density at radius 1 is 1.15 bits per heavy atom. The summed E-state index contributed by atoms with van der Waals surface area (Å²) in [5, 5.41) is 1.16. The van der Waals surface area contributed by atoms with Crippen molar-refractivity contribution in [1.29, 1.82) is 0 Å². The second-order valence-corrected chi connectivity index (χ2v) is 8.33. The summed E-state index contributed by atoms with van der Waals surface area (Å²) in [4.78, 5) is 15.3. The number of thiocarbonyl (C=S) groups is 1. The molecule has 0 radical (unpaired) electrons. The van der Waals surface area contributed by atoms with Crippen LogP contribution in [0.25, 0.3) is 17.0 Å². The molecule has 1 aromatic heterocycles. The van der Waals surface area contributed by atoms with Crippen LogP contribution in [-0.4, -0.2) is 14.8 Å². The van der Waals surface area contributed by atoms with E-state index in [0.29, 0.717) is 9.23 Å². The predicted octanol–water partition coefficient (Wildman–Crippen LogP) is 5.77. The van der Waals surface area contributed by atoms with Gasteiger partial charge >= 0.3 is 0 Å². The Kier molecular flexibility index (Phi) is 4.89. The second kappa shape index (κ2) is 7.33. The molecule has 3 nitrogen and oxygen atoms in total. The van der Waals surface area contributed by atoms with Crippen molar-refractivity contribution in [3.05, 3.63) is 70.8 Å². The first-order chi connectivity index (χ1) is 13.1. The zero-order chi connectivity index (χ0) is 19.0. The highest BCUT2D eigenvalue weighted by Crippen LogP contribution is 2.37. The van der Waals surface area contributed by atoms with Gasteiger partial charge in [0.05, 0.1) is 10.6 Å². The topological polar surface area (TPSA) is 25.2 Å². The molecule has 136 valence electrons. The van der Waals surface area contributed by atoms with E-state index in [0.717, 1.165) is 35.2 Å². The summed E-state index contributed by atoms with van der Waals surface area (Å²) in [6.45, 7) is 5.14. The summed E-state index contributed by atoms with van der Waals surface area (Å²) in [5.74, 6) is -0.0528. The molecule has 0 N–H and O–H groups in total. The van der Waals surface area contributed by atoms with Crippen LogP contribution in [0.4, 0.5) is 5.69 Å². The van der Waals surface area contributed by atoms with Gasteiger partial charge in [0.2, 0.25) is 0 Å². The van der Waals surface area contributed by atoms with E-state index in [2.05, 4.69) is 35.9 Å². The maximum absolute atomic E-state index is 13.0. The van der Waals surface area contributed by atoms with Gasteiger partial charge in [0.25, 0.3) is 5.91 Å². The fourth-order valence-corrected chi connectivity index (χ4v) is 4.70. The molecule has 2 aromatic carbocycles. The quantitative estimate of drug-likeness (QED) is 0.416. The number of nitrogens with zero attached hydrogens (tertiary/aromatic N) is 2. The predicted molar refractivity (Wildman–Crippen MR) is 119 cm³/mol. The molecule has 3 aromatic rings. The van der Waals surface area contributed by atoms with Gasteiger partial charge in [0.15, 0.2) is 4.32 Å². The molecule has 1 saturated heterocycles. The first-order valence-corrected chi connectivity index (χ1v) is 10.2. The number of aromatic nitrogens is 1. The lowest BCUT2D eigenvalue weighted by Gasteiger charge is -2.14. The van der Waals surface area contributed by atoms with Crippen LogP contribution in [0.3, 0.4) is 0 Å². The number of hydrogen-bond donors (Lipinski definition) is 0. The Bertz CT molecular complexity index is 1080. The summed E-state index contributed by atoms with van der Waals surface area (Å²) in [7, 11) is 0. The van der Waals surface area contributed by atoms with E-state index < -0.39 is 0 Å². The van der Waals surface area contributed by atoms with Gasteiger partial charge in [-0.2, -0.15) is 0 Å². The van der Waals surface area contributed by atoms with Crippen molar-refractivity contribution in [2.45, 2.75) is 26.8 Å². The van der Waals surface area contributed by atoms with Crippen LogP contribution in [0.1, 0.15) is 24.5 Å². The molecule has 27 heavy (non-hydrogen) atoms. The van der Waals surface area contributed by atoms with Crippen LogP contribution < -0.4 is 4.90 Å². The zero-order valence-electron chi connectivity index (χ0n) is 15.3. The summed E-state index contributed by atoms with van der Waals surface area (Å²) in [5.41, 5.74) is 4.19. The number of benzene rings is 2. The van der Waals surface area contributed by atoms with Crippen LogP contribution in [-0.2, 0) is 11.3 Å². The molecule has 4 rings (SSSR count). The Morgan fingerprint density at radius 2 is 1.96 bits per heavy atom. The van der Waals surface area contributed by atoms with Gasteiger partial charge in [0.1, 0.15) is 0 Å². The van der Waals surface area contributed by atoms with Gasteiger partial charge in [-0.05, 0) is 43.2 Å². The normalized spacial score (nSPS) is 16.1. The van der Waals surface area contributed by atoms with Gasteiger partial charge in [-0.1, -0.05) is 61.2 Å². The number of carbonyl (C=O) groups is 1. The van der Waals surface area contributed by atoms with E-state index in [1.165, 1.54) is 17.3 Å². The zero-order valence-corrected chi connectivity index (χ0v) is 16.9. The van der Waals surface area contributed by atoms with Crippen molar-refractivity contribution < 1.29 is 4.79 Å². The average molecular weight is 393 g/mol. The molecule has 0 spiro atoms. The second-order valence-electron chi connectivity index (χ2n) is 6.65. The van der Waals surface area contributed by atoms with E-state index >= 15 is 0 Å². The van der Waals surface area contributed by atoms with Gasteiger partial charge in [-0.15, -0.1) is 0 Å². The van der Waals surface area contributed by atoms with E-state index in [9.17, 15) is 4.79 Å². The summed E-state index contributed by atoms with van der Waals surface area (Å²) in [6.07, 6.45) is 5.17. The standard InChI is InChI=1S/C22H20N2OS2/c1-3-11-23-14-16(18-9-4-5-10-19(18)23)13-20-21(25)24(22(26)27-20)17-8-6-7-15(2)12-17/h4-10,12-14H,3,11H2,1-2H3/b20-13+. The molecule has 1 amide bonds. The van der Waals surface area contributed by atoms with E-state index in [1.54, 1.807) is 4.90 Å². The summed E-state index contributed by atoms with van der Waals surface area (Å²) < 4.78 is 2.83. The lowest BCUT2D eigenvalue weighted by Crippen LogP contribution is -2.27. The minimum Gasteiger partial charge on any atom is -0.347 e. The first-order valence-electron chi connectivity index (χ1n) is 9.01. The molecule has 5 heteroatoms. The maximum Gasteiger partial charge on any atom is 0.270 e. The molecular weight excluding hydrogens is 372 g/mol. The van der Waals surface area contributed by atoms with Gasteiger partial charge in [-0.3, -0.25) is 9.69 Å². The van der Waals surface area contributed by atoms with E-state index in [4.69, 9.17) is 12.2 Å².